The zero-order valence-corrected chi connectivity index (χ0v) is 13.1. The van der Waals surface area contributed by atoms with Gasteiger partial charge in [0.05, 0.1) is 0 Å². The number of halogens is 2. The van der Waals surface area contributed by atoms with Gasteiger partial charge in [0, 0.05) is 23.5 Å². The Hall–Kier alpha value is -0.580. The van der Waals surface area contributed by atoms with Crippen LogP contribution in [0, 0.1) is 0 Å². The van der Waals surface area contributed by atoms with Gasteiger partial charge in [-0.1, -0.05) is 28.1 Å². The summed E-state index contributed by atoms with van der Waals surface area (Å²) in [7, 11) is 1.85. The minimum atomic E-state index is 0. The fraction of sp³-hybridized carbons (Fsp3) is 0.462. The average Bonchev–Trinajstić information content (AvgIpc) is 2.26. The number of nitrogens with one attached hydrogen (secondary N) is 2. The van der Waals surface area contributed by atoms with E-state index in [-0.39, 0.29) is 24.4 Å². The molecule has 0 spiro atoms. The minimum Gasteiger partial charge on any atom is -0.353 e. The lowest BCUT2D eigenvalue weighted by Crippen LogP contribution is -2.35. The third-order valence-electron chi connectivity index (χ3n) is 2.44. The molecule has 0 saturated carbocycles. The molecule has 0 bridgehead atoms. The van der Waals surface area contributed by atoms with E-state index in [0.717, 1.165) is 17.4 Å². The molecule has 0 saturated heterocycles. The maximum absolute atomic E-state index is 11.5. The van der Waals surface area contributed by atoms with E-state index in [0.29, 0.717) is 6.42 Å². The Labute approximate surface area is 123 Å². The predicted molar refractivity (Wildman–Crippen MR) is 81.2 cm³/mol. The van der Waals surface area contributed by atoms with Gasteiger partial charge >= 0.3 is 0 Å². The van der Waals surface area contributed by atoms with Crippen LogP contribution in [0.15, 0.2) is 28.7 Å². The van der Waals surface area contributed by atoms with E-state index in [1.807, 2.05) is 26.1 Å². The lowest BCUT2D eigenvalue weighted by atomic mass is 10.1. The first-order valence-electron chi connectivity index (χ1n) is 5.80. The van der Waals surface area contributed by atoms with Crippen molar-refractivity contribution in [3.8, 4) is 0 Å². The molecule has 2 N–H and O–H groups in total. The van der Waals surface area contributed by atoms with Gasteiger partial charge in [0.25, 0.3) is 0 Å². The summed E-state index contributed by atoms with van der Waals surface area (Å²) in [6.45, 7) is 2.74. The third-order valence-corrected chi connectivity index (χ3v) is 2.93. The zero-order chi connectivity index (χ0) is 12.7. The molecule has 102 valence electrons. The van der Waals surface area contributed by atoms with E-state index >= 15 is 0 Å². The number of rotatable bonds is 6. The van der Waals surface area contributed by atoms with Gasteiger partial charge in [-0.05, 0) is 38.1 Å². The van der Waals surface area contributed by atoms with Crippen LogP contribution in [0.25, 0.3) is 0 Å². The van der Waals surface area contributed by atoms with E-state index in [2.05, 4.69) is 38.7 Å². The molecule has 0 fully saturated rings. The monoisotopic (exact) mass is 334 g/mol. The number of carbonyl (C=O) groups excluding carboxylic acids is 1. The molecule has 1 atom stereocenters. The molecule has 1 aromatic rings. The van der Waals surface area contributed by atoms with Gasteiger partial charge < -0.3 is 10.6 Å². The Morgan fingerprint density at radius 3 is 2.78 bits per heavy atom. The van der Waals surface area contributed by atoms with E-state index in [1.165, 1.54) is 5.56 Å². The Bertz CT molecular complexity index is 374. The first-order chi connectivity index (χ1) is 8.11. The van der Waals surface area contributed by atoms with Gasteiger partial charge in [-0.3, -0.25) is 4.79 Å². The second kappa shape index (κ2) is 9.36. The van der Waals surface area contributed by atoms with Gasteiger partial charge in [-0.25, -0.2) is 0 Å². The summed E-state index contributed by atoms with van der Waals surface area (Å²) in [6.07, 6.45) is 1.38. The highest BCUT2D eigenvalue weighted by atomic mass is 79.9. The maximum Gasteiger partial charge on any atom is 0.221 e. The fourth-order valence-electron chi connectivity index (χ4n) is 1.65. The van der Waals surface area contributed by atoms with Gasteiger partial charge in [0.1, 0.15) is 0 Å². The molecule has 0 aliphatic rings. The first kappa shape index (κ1) is 17.4. The SMILES string of the molecule is CNCCC(=O)NC(C)Cc1cccc(Br)c1.Cl. The number of amides is 1. The van der Waals surface area contributed by atoms with Crippen molar-refractivity contribution in [2.45, 2.75) is 25.8 Å². The van der Waals surface area contributed by atoms with Gasteiger partial charge in [-0.15, -0.1) is 12.4 Å². The van der Waals surface area contributed by atoms with Crippen molar-refractivity contribution in [2.75, 3.05) is 13.6 Å². The standard InChI is InChI=1S/C13H19BrN2O.ClH/c1-10(16-13(17)6-7-15-2)8-11-4-3-5-12(14)9-11;/h3-5,9-10,15H,6-8H2,1-2H3,(H,16,17);1H. The van der Waals surface area contributed by atoms with Crippen molar-refractivity contribution in [1.29, 1.82) is 0 Å². The van der Waals surface area contributed by atoms with Crippen LogP contribution in [0.4, 0.5) is 0 Å². The van der Waals surface area contributed by atoms with E-state index in [1.54, 1.807) is 0 Å². The Balaban J connectivity index is 0.00000289. The molecule has 0 aliphatic carbocycles. The summed E-state index contributed by atoms with van der Waals surface area (Å²) < 4.78 is 1.07. The molecule has 1 amide bonds. The van der Waals surface area contributed by atoms with Crippen molar-refractivity contribution >= 4 is 34.2 Å². The van der Waals surface area contributed by atoms with Crippen LogP contribution in [-0.2, 0) is 11.2 Å². The predicted octanol–water partition coefficient (Wildman–Crippen LogP) is 2.53. The molecular weight excluding hydrogens is 316 g/mol. The number of carbonyl (C=O) groups is 1. The molecule has 5 heteroatoms. The molecule has 1 unspecified atom stereocenters. The van der Waals surface area contributed by atoms with E-state index in [4.69, 9.17) is 0 Å². The molecule has 3 nitrogen and oxygen atoms in total. The van der Waals surface area contributed by atoms with Crippen LogP contribution in [0.2, 0.25) is 0 Å². The lowest BCUT2D eigenvalue weighted by molar-refractivity contribution is -0.121. The maximum atomic E-state index is 11.5. The normalized spacial score (nSPS) is 11.5. The smallest absolute Gasteiger partial charge is 0.221 e. The highest BCUT2D eigenvalue weighted by Gasteiger charge is 2.07. The first-order valence-corrected chi connectivity index (χ1v) is 6.59. The van der Waals surface area contributed by atoms with Gasteiger partial charge in [-0.2, -0.15) is 0 Å². The van der Waals surface area contributed by atoms with Crippen molar-refractivity contribution in [2.24, 2.45) is 0 Å². The summed E-state index contributed by atoms with van der Waals surface area (Å²) in [5, 5.41) is 5.95. The van der Waals surface area contributed by atoms with E-state index < -0.39 is 0 Å². The van der Waals surface area contributed by atoms with Gasteiger partial charge in [0.15, 0.2) is 0 Å². The van der Waals surface area contributed by atoms with Crippen LogP contribution in [0.3, 0.4) is 0 Å². The second-order valence-corrected chi connectivity index (χ2v) is 5.07. The topological polar surface area (TPSA) is 41.1 Å². The molecule has 0 aliphatic heterocycles. The summed E-state index contributed by atoms with van der Waals surface area (Å²) in [4.78, 5) is 11.5. The molecule has 1 rings (SSSR count). The molecule has 0 aromatic heterocycles. The molecule has 1 aromatic carbocycles. The van der Waals surface area contributed by atoms with Crippen molar-refractivity contribution < 1.29 is 4.79 Å². The summed E-state index contributed by atoms with van der Waals surface area (Å²) in [5.74, 6) is 0.0989. The third kappa shape index (κ3) is 6.99. The molecular formula is C13H20BrClN2O. The highest BCUT2D eigenvalue weighted by molar-refractivity contribution is 9.10. The second-order valence-electron chi connectivity index (χ2n) is 4.16. The Morgan fingerprint density at radius 1 is 1.44 bits per heavy atom. The van der Waals surface area contributed by atoms with Crippen LogP contribution in [0.5, 0.6) is 0 Å². The average molecular weight is 336 g/mol. The lowest BCUT2D eigenvalue weighted by Gasteiger charge is -2.14. The summed E-state index contributed by atoms with van der Waals surface area (Å²) >= 11 is 3.44. The summed E-state index contributed by atoms with van der Waals surface area (Å²) in [6, 6.07) is 8.32. The number of hydrogen-bond acceptors (Lipinski definition) is 2. The quantitative estimate of drug-likeness (QED) is 0.839. The largest absolute Gasteiger partial charge is 0.353 e. The van der Waals surface area contributed by atoms with Crippen molar-refractivity contribution in [3.63, 3.8) is 0 Å². The molecule has 0 heterocycles. The van der Waals surface area contributed by atoms with Crippen LogP contribution < -0.4 is 10.6 Å². The zero-order valence-electron chi connectivity index (χ0n) is 10.7. The fourth-order valence-corrected chi connectivity index (χ4v) is 2.10. The number of hydrogen-bond donors (Lipinski definition) is 2. The highest BCUT2D eigenvalue weighted by Crippen LogP contribution is 2.13. The van der Waals surface area contributed by atoms with Crippen LogP contribution >= 0.6 is 28.3 Å². The van der Waals surface area contributed by atoms with Crippen molar-refractivity contribution in [3.05, 3.63) is 34.3 Å². The summed E-state index contributed by atoms with van der Waals surface area (Å²) in [5.41, 5.74) is 1.22. The minimum absolute atomic E-state index is 0. The van der Waals surface area contributed by atoms with Crippen LogP contribution in [0.1, 0.15) is 18.9 Å². The Kier molecular flexibility index (Phi) is 9.06. The molecule has 0 radical (unpaired) electrons. The molecule has 18 heavy (non-hydrogen) atoms. The number of benzene rings is 1. The van der Waals surface area contributed by atoms with Gasteiger partial charge in [0.2, 0.25) is 5.91 Å². The van der Waals surface area contributed by atoms with E-state index in [9.17, 15) is 4.79 Å². The van der Waals surface area contributed by atoms with Crippen molar-refractivity contribution in [1.82, 2.24) is 10.6 Å². The Morgan fingerprint density at radius 2 is 2.17 bits per heavy atom. The van der Waals surface area contributed by atoms with Crippen LogP contribution in [-0.4, -0.2) is 25.5 Å².